The molecule has 1 heterocycles. The molecule has 0 aromatic carbocycles. The van der Waals surface area contributed by atoms with Crippen LogP contribution in [0.1, 0.15) is 57.8 Å². The van der Waals surface area contributed by atoms with E-state index in [0.717, 1.165) is 32.6 Å². The minimum atomic E-state index is -0.172. The van der Waals surface area contributed by atoms with Gasteiger partial charge in [0, 0.05) is 19.2 Å². The first-order valence-corrected chi connectivity index (χ1v) is 7.93. The van der Waals surface area contributed by atoms with E-state index < -0.39 is 0 Å². The molecule has 1 saturated heterocycles. The van der Waals surface area contributed by atoms with E-state index in [1.165, 1.54) is 44.9 Å². The summed E-state index contributed by atoms with van der Waals surface area (Å²) in [5, 5.41) is 12.6. The van der Waals surface area contributed by atoms with Gasteiger partial charge >= 0.3 is 0 Å². The van der Waals surface area contributed by atoms with Gasteiger partial charge in [-0.2, -0.15) is 0 Å². The summed E-state index contributed by atoms with van der Waals surface area (Å²) in [6.45, 7) is 6.07. The largest absolute Gasteiger partial charge is 0.392 e. The van der Waals surface area contributed by atoms with E-state index in [0.29, 0.717) is 6.04 Å². The number of ether oxygens (including phenoxy) is 1. The highest BCUT2D eigenvalue weighted by atomic mass is 35.5. The summed E-state index contributed by atoms with van der Waals surface area (Å²) in [4.78, 5) is 0. The number of halogens is 1. The lowest BCUT2D eigenvalue weighted by Gasteiger charge is -2.10. The first-order chi connectivity index (χ1) is 9.33. The lowest BCUT2D eigenvalue weighted by molar-refractivity contribution is 0.107. The zero-order valence-electron chi connectivity index (χ0n) is 12.7. The predicted octanol–water partition coefficient (Wildman–Crippen LogP) is 3.45. The van der Waals surface area contributed by atoms with E-state index in [-0.39, 0.29) is 18.5 Å². The van der Waals surface area contributed by atoms with E-state index in [9.17, 15) is 5.11 Å². The third kappa shape index (κ3) is 10.7. The monoisotopic (exact) mass is 305 g/mol. The standard InChI is InChI=1S/C16H31NO2.ClH/c1-2-3-4-5-6-7-8-9-10-11-19-14-15-12-16(18)13-17-15;/h2,15-18H,1,3-14H2;1H/t15-,16+;/m0./s1. The Hall–Kier alpha value is -0.0900. The molecule has 120 valence electrons. The number of β-amino-alcohol motifs (C(OH)–C–C–N with tert-alkyl or cyclic N) is 1. The molecule has 0 aromatic heterocycles. The molecule has 0 radical (unpaired) electrons. The Bertz CT molecular complexity index is 227. The van der Waals surface area contributed by atoms with Crippen molar-refractivity contribution in [3.8, 4) is 0 Å². The fourth-order valence-electron chi connectivity index (χ4n) is 2.53. The Balaban J connectivity index is 0.00000361. The molecular formula is C16H32ClNO2. The Morgan fingerprint density at radius 1 is 1.10 bits per heavy atom. The highest BCUT2D eigenvalue weighted by Crippen LogP contribution is 2.10. The van der Waals surface area contributed by atoms with Crippen LogP contribution in [0.5, 0.6) is 0 Å². The Labute approximate surface area is 130 Å². The molecule has 0 aromatic rings. The molecular weight excluding hydrogens is 274 g/mol. The normalized spacial score (nSPS) is 21.6. The van der Waals surface area contributed by atoms with Crippen molar-refractivity contribution in [3.63, 3.8) is 0 Å². The first-order valence-electron chi connectivity index (χ1n) is 7.93. The smallest absolute Gasteiger partial charge is 0.0680 e. The van der Waals surface area contributed by atoms with Crippen LogP contribution in [0, 0.1) is 0 Å². The van der Waals surface area contributed by atoms with Crippen molar-refractivity contribution in [2.45, 2.75) is 69.9 Å². The molecule has 0 spiro atoms. The van der Waals surface area contributed by atoms with Gasteiger partial charge in [0.25, 0.3) is 0 Å². The minimum absolute atomic E-state index is 0. The predicted molar refractivity (Wildman–Crippen MR) is 87.6 cm³/mol. The minimum Gasteiger partial charge on any atom is -0.392 e. The maximum Gasteiger partial charge on any atom is 0.0680 e. The topological polar surface area (TPSA) is 41.5 Å². The molecule has 0 aliphatic carbocycles. The second-order valence-electron chi connectivity index (χ2n) is 5.62. The summed E-state index contributed by atoms with van der Waals surface area (Å²) in [6.07, 6.45) is 13.0. The third-order valence-corrected chi connectivity index (χ3v) is 3.71. The van der Waals surface area contributed by atoms with Gasteiger partial charge in [-0.25, -0.2) is 0 Å². The van der Waals surface area contributed by atoms with Crippen molar-refractivity contribution in [1.29, 1.82) is 0 Å². The molecule has 0 amide bonds. The van der Waals surface area contributed by atoms with Gasteiger partial charge in [0.05, 0.1) is 12.7 Å². The number of allylic oxidation sites excluding steroid dienone is 1. The number of nitrogens with one attached hydrogen (secondary N) is 1. The molecule has 0 bridgehead atoms. The number of aliphatic hydroxyl groups is 1. The van der Waals surface area contributed by atoms with Gasteiger partial charge in [-0.05, 0) is 25.7 Å². The van der Waals surface area contributed by atoms with Crippen LogP contribution in [0.2, 0.25) is 0 Å². The van der Waals surface area contributed by atoms with Gasteiger partial charge in [0.15, 0.2) is 0 Å². The van der Waals surface area contributed by atoms with Crippen LogP contribution >= 0.6 is 12.4 Å². The lowest BCUT2D eigenvalue weighted by atomic mass is 10.1. The van der Waals surface area contributed by atoms with E-state index in [1.54, 1.807) is 0 Å². The summed E-state index contributed by atoms with van der Waals surface area (Å²) in [5.74, 6) is 0. The molecule has 20 heavy (non-hydrogen) atoms. The SMILES string of the molecule is C=CCCCCCCCCCOC[C@@H]1C[C@@H](O)CN1.Cl. The average Bonchev–Trinajstić information content (AvgIpc) is 2.82. The lowest BCUT2D eigenvalue weighted by Crippen LogP contribution is -2.26. The molecule has 1 aliphatic rings. The van der Waals surface area contributed by atoms with Gasteiger partial charge in [-0.1, -0.05) is 38.2 Å². The van der Waals surface area contributed by atoms with Crippen LogP contribution in [0.4, 0.5) is 0 Å². The van der Waals surface area contributed by atoms with Gasteiger partial charge < -0.3 is 15.2 Å². The van der Waals surface area contributed by atoms with Crippen LogP contribution in [0.15, 0.2) is 12.7 Å². The highest BCUT2D eigenvalue weighted by molar-refractivity contribution is 5.85. The quantitative estimate of drug-likeness (QED) is 0.428. The molecule has 3 nitrogen and oxygen atoms in total. The van der Waals surface area contributed by atoms with E-state index >= 15 is 0 Å². The van der Waals surface area contributed by atoms with Gasteiger partial charge in [0.1, 0.15) is 0 Å². The fraction of sp³-hybridized carbons (Fsp3) is 0.875. The number of aliphatic hydroxyl groups excluding tert-OH is 1. The summed E-state index contributed by atoms with van der Waals surface area (Å²) in [5.41, 5.74) is 0. The van der Waals surface area contributed by atoms with Crippen LogP contribution in [0.3, 0.4) is 0 Å². The van der Waals surface area contributed by atoms with Crippen molar-refractivity contribution in [2.24, 2.45) is 0 Å². The van der Waals surface area contributed by atoms with Crippen molar-refractivity contribution in [3.05, 3.63) is 12.7 Å². The van der Waals surface area contributed by atoms with Crippen molar-refractivity contribution < 1.29 is 9.84 Å². The molecule has 4 heteroatoms. The number of rotatable bonds is 12. The van der Waals surface area contributed by atoms with Crippen LogP contribution in [-0.4, -0.2) is 37.0 Å². The first kappa shape index (κ1) is 19.9. The zero-order chi connectivity index (χ0) is 13.8. The summed E-state index contributed by atoms with van der Waals surface area (Å²) >= 11 is 0. The average molecular weight is 306 g/mol. The van der Waals surface area contributed by atoms with Gasteiger partial charge in [0.2, 0.25) is 0 Å². The van der Waals surface area contributed by atoms with Gasteiger partial charge in [-0.15, -0.1) is 19.0 Å². The van der Waals surface area contributed by atoms with Crippen molar-refractivity contribution in [2.75, 3.05) is 19.8 Å². The third-order valence-electron chi connectivity index (χ3n) is 3.71. The molecule has 0 saturated carbocycles. The molecule has 2 atom stereocenters. The number of hydrogen-bond acceptors (Lipinski definition) is 3. The Morgan fingerprint density at radius 3 is 2.35 bits per heavy atom. The maximum absolute atomic E-state index is 9.35. The Morgan fingerprint density at radius 2 is 1.75 bits per heavy atom. The molecule has 1 aliphatic heterocycles. The summed E-state index contributed by atoms with van der Waals surface area (Å²) in [7, 11) is 0. The number of unbranched alkanes of at least 4 members (excludes halogenated alkanes) is 7. The van der Waals surface area contributed by atoms with Crippen LogP contribution in [-0.2, 0) is 4.74 Å². The van der Waals surface area contributed by atoms with Gasteiger partial charge in [-0.3, -0.25) is 0 Å². The second kappa shape index (κ2) is 13.9. The van der Waals surface area contributed by atoms with Crippen molar-refractivity contribution in [1.82, 2.24) is 5.32 Å². The van der Waals surface area contributed by atoms with E-state index in [4.69, 9.17) is 4.74 Å². The molecule has 0 unspecified atom stereocenters. The zero-order valence-corrected chi connectivity index (χ0v) is 13.5. The van der Waals surface area contributed by atoms with Crippen LogP contribution < -0.4 is 5.32 Å². The van der Waals surface area contributed by atoms with Crippen LogP contribution in [0.25, 0.3) is 0 Å². The summed E-state index contributed by atoms with van der Waals surface area (Å²) < 4.78 is 5.64. The Kier molecular flexibility index (Phi) is 13.8. The molecule has 2 N–H and O–H groups in total. The molecule has 1 rings (SSSR count). The van der Waals surface area contributed by atoms with Crippen molar-refractivity contribution >= 4 is 12.4 Å². The number of hydrogen-bond donors (Lipinski definition) is 2. The van der Waals surface area contributed by atoms with E-state index in [1.807, 2.05) is 6.08 Å². The highest BCUT2D eigenvalue weighted by Gasteiger charge is 2.21. The maximum atomic E-state index is 9.35. The van der Waals surface area contributed by atoms with E-state index in [2.05, 4.69) is 11.9 Å². The summed E-state index contributed by atoms with van der Waals surface area (Å²) in [6, 6.07) is 0.361. The fourth-order valence-corrected chi connectivity index (χ4v) is 2.53. The second-order valence-corrected chi connectivity index (χ2v) is 5.62. The molecule has 1 fully saturated rings.